The predicted molar refractivity (Wildman–Crippen MR) is 59.7 cm³/mol. The summed E-state index contributed by atoms with van der Waals surface area (Å²) in [5.41, 5.74) is -0.211. The molecule has 1 heterocycles. The van der Waals surface area contributed by atoms with E-state index < -0.39 is 5.60 Å². The van der Waals surface area contributed by atoms with Gasteiger partial charge in [0.15, 0.2) is 0 Å². The third kappa shape index (κ3) is 1.34. The van der Waals surface area contributed by atoms with E-state index in [1.807, 2.05) is 0 Å². The van der Waals surface area contributed by atoms with Gasteiger partial charge in [0.1, 0.15) is 5.60 Å². The lowest BCUT2D eigenvalue weighted by molar-refractivity contribution is 0.0262. The van der Waals surface area contributed by atoms with Crippen LogP contribution in [0.25, 0.3) is 4.85 Å². The molecule has 0 bridgehead atoms. The molecular formula is C12H11ClN2O. The Morgan fingerprint density at radius 3 is 2.75 bits per heavy atom. The van der Waals surface area contributed by atoms with Crippen molar-refractivity contribution in [3.8, 4) is 0 Å². The number of hydrogen-bond donors (Lipinski definition) is 1. The minimum Gasteiger partial charge on any atom is -0.384 e. The lowest BCUT2D eigenvalue weighted by Gasteiger charge is -2.23. The molecule has 2 unspecified atom stereocenters. The highest BCUT2D eigenvalue weighted by atomic mass is 35.5. The normalized spacial score (nSPS) is 40.2. The van der Waals surface area contributed by atoms with Gasteiger partial charge in [-0.15, -0.1) is 0 Å². The minimum absolute atomic E-state index is 0.138. The van der Waals surface area contributed by atoms with Gasteiger partial charge >= 0.3 is 0 Å². The van der Waals surface area contributed by atoms with Crippen LogP contribution in [0, 0.1) is 18.4 Å². The van der Waals surface area contributed by atoms with Crippen LogP contribution in [-0.2, 0) is 5.60 Å². The zero-order chi connectivity index (χ0) is 11.3. The number of nitrogens with zero attached hydrogens (tertiary/aromatic N) is 2. The van der Waals surface area contributed by atoms with Crippen molar-refractivity contribution in [1.29, 1.82) is 0 Å². The fraction of sp³-hybridized carbons (Fsp3) is 0.500. The van der Waals surface area contributed by atoms with Crippen molar-refractivity contribution in [2.75, 3.05) is 0 Å². The summed E-state index contributed by atoms with van der Waals surface area (Å²) in [6.45, 7) is 6.99. The molecule has 0 saturated heterocycles. The summed E-state index contributed by atoms with van der Waals surface area (Å²) in [4.78, 5) is 7.74. The second kappa shape index (κ2) is 3.19. The molecule has 2 fully saturated rings. The Balaban J connectivity index is 1.85. The van der Waals surface area contributed by atoms with Gasteiger partial charge in [-0.25, -0.2) is 6.57 Å². The van der Waals surface area contributed by atoms with Crippen molar-refractivity contribution in [2.45, 2.75) is 24.5 Å². The fourth-order valence-electron chi connectivity index (χ4n) is 2.89. The van der Waals surface area contributed by atoms with Crippen molar-refractivity contribution in [2.24, 2.45) is 11.8 Å². The van der Waals surface area contributed by atoms with E-state index in [4.69, 9.17) is 18.2 Å². The first-order valence-corrected chi connectivity index (χ1v) is 5.73. The minimum atomic E-state index is -0.860. The lowest BCUT2D eigenvalue weighted by atomic mass is 9.92. The second-order valence-electron chi connectivity index (χ2n) is 4.75. The van der Waals surface area contributed by atoms with Crippen LogP contribution in [0.2, 0.25) is 5.02 Å². The first-order valence-electron chi connectivity index (χ1n) is 5.35. The van der Waals surface area contributed by atoms with Crippen LogP contribution >= 0.6 is 11.6 Å². The van der Waals surface area contributed by atoms with Crippen molar-refractivity contribution in [1.82, 2.24) is 4.98 Å². The van der Waals surface area contributed by atoms with E-state index in [9.17, 15) is 5.11 Å². The molecule has 1 aromatic rings. The molecule has 82 valence electrons. The summed E-state index contributed by atoms with van der Waals surface area (Å²) >= 11 is 5.89. The lowest BCUT2D eigenvalue weighted by Crippen LogP contribution is -2.26. The maximum absolute atomic E-state index is 10.5. The smallest absolute Gasteiger partial charge is 0.230 e. The quantitative estimate of drug-likeness (QED) is 0.757. The zero-order valence-electron chi connectivity index (χ0n) is 8.60. The van der Waals surface area contributed by atoms with Gasteiger partial charge in [-0.1, -0.05) is 11.6 Å². The van der Waals surface area contributed by atoms with Crippen molar-refractivity contribution < 1.29 is 5.11 Å². The van der Waals surface area contributed by atoms with Crippen molar-refractivity contribution in [3.05, 3.63) is 40.5 Å². The Kier molecular flexibility index (Phi) is 2.01. The molecule has 2 aliphatic rings. The number of pyridine rings is 1. The number of halogens is 1. The molecule has 2 saturated carbocycles. The molecule has 1 aromatic heterocycles. The Hall–Kier alpha value is -1.11. The number of rotatable bonds is 1. The van der Waals surface area contributed by atoms with Crippen molar-refractivity contribution >= 4 is 11.6 Å². The second-order valence-corrected chi connectivity index (χ2v) is 5.18. The molecule has 2 aliphatic carbocycles. The molecule has 1 N–H and O–H groups in total. The fourth-order valence-corrected chi connectivity index (χ4v) is 3.05. The van der Waals surface area contributed by atoms with Crippen LogP contribution in [0.5, 0.6) is 0 Å². The van der Waals surface area contributed by atoms with Crippen LogP contribution in [0.15, 0.2) is 18.3 Å². The molecule has 0 spiro atoms. The van der Waals surface area contributed by atoms with Gasteiger partial charge in [0.05, 0.1) is 5.69 Å². The summed E-state index contributed by atoms with van der Waals surface area (Å²) in [5.74, 6) is 0.728. The van der Waals surface area contributed by atoms with E-state index in [1.54, 1.807) is 18.3 Å². The van der Waals surface area contributed by atoms with E-state index in [2.05, 4.69) is 9.83 Å². The average Bonchev–Trinajstić information content (AvgIpc) is 2.76. The van der Waals surface area contributed by atoms with Crippen LogP contribution in [0.4, 0.5) is 0 Å². The SMILES string of the molecule is [C-]#[N+]C1[C@H]2CC(O)(c3cc(Cl)ccn3)C[C@@H]12. The van der Waals surface area contributed by atoms with Crippen LogP contribution < -0.4 is 0 Å². The summed E-state index contributed by atoms with van der Waals surface area (Å²) in [6, 6.07) is 3.56. The van der Waals surface area contributed by atoms with Crippen LogP contribution in [0.3, 0.4) is 0 Å². The Morgan fingerprint density at radius 1 is 1.50 bits per heavy atom. The van der Waals surface area contributed by atoms with Crippen LogP contribution in [0.1, 0.15) is 18.5 Å². The molecular weight excluding hydrogens is 224 g/mol. The standard InChI is InChI=1S/C12H11ClN2O/c1-14-11-8-5-12(16,6-9(8)11)10-4-7(13)2-3-15-10/h2-4,8-9,11,16H,5-6H2/t8-,9+,11?,12?. The highest BCUT2D eigenvalue weighted by Gasteiger charge is 2.67. The molecule has 0 aliphatic heterocycles. The molecule has 3 rings (SSSR count). The molecule has 4 heteroatoms. The van der Waals surface area contributed by atoms with Gasteiger partial charge in [-0.3, -0.25) is 4.98 Å². The highest BCUT2D eigenvalue weighted by Crippen LogP contribution is 2.60. The maximum atomic E-state index is 10.5. The van der Waals surface area contributed by atoms with Gasteiger partial charge in [-0.2, -0.15) is 0 Å². The first-order chi connectivity index (χ1) is 7.64. The van der Waals surface area contributed by atoms with Gasteiger partial charge in [0.2, 0.25) is 6.04 Å². The summed E-state index contributed by atoms with van der Waals surface area (Å²) < 4.78 is 0. The maximum Gasteiger partial charge on any atom is 0.230 e. The van der Waals surface area contributed by atoms with Crippen molar-refractivity contribution in [3.63, 3.8) is 0 Å². The topological polar surface area (TPSA) is 37.5 Å². The Labute approximate surface area is 98.9 Å². The molecule has 0 radical (unpaired) electrons. The summed E-state index contributed by atoms with van der Waals surface area (Å²) in [6.07, 6.45) is 2.92. The third-order valence-corrected chi connectivity index (χ3v) is 4.02. The van der Waals surface area contributed by atoms with E-state index in [1.165, 1.54) is 0 Å². The van der Waals surface area contributed by atoms with E-state index in [-0.39, 0.29) is 6.04 Å². The van der Waals surface area contributed by atoms with E-state index in [0.717, 1.165) is 0 Å². The van der Waals surface area contributed by atoms with E-state index >= 15 is 0 Å². The predicted octanol–water partition coefficient (Wildman–Crippen LogP) is 2.25. The monoisotopic (exact) mass is 234 g/mol. The Morgan fingerprint density at radius 2 is 2.19 bits per heavy atom. The molecule has 0 amide bonds. The number of aromatic nitrogens is 1. The molecule has 16 heavy (non-hydrogen) atoms. The number of hydrogen-bond acceptors (Lipinski definition) is 2. The zero-order valence-corrected chi connectivity index (χ0v) is 9.35. The first kappa shape index (κ1) is 10.1. The van der Waals surface area contributed by atoms with Gasteiger partial charge in [-0.05, 0) is 25.0 Å². The van der Waals surface area contributed by atoms with Gasteiger partial charge in [0, 0.05) is 23.1 Å². The highest BCUT2D eigenvalue weighted by molar-refractivity contribution is 6.30. The summed E-state index contributed by atoms with van der Waals surface area (Å²) in [7, 11) is 0. The molecule has 0 aromatic carbocycles. The summed E-state index contributed by atoms with van der Waals surface area (Å²) in [5, 5.41) is 11.1. The Bertz CT molecular complexity index is 470. The number of fused-ring (bicyclic) bond motifs is 1. The largest absolute Gasteiger partial charge is 0.384 e. The van der Waals surface area contributed by atoms with Gasteiger partial charge < -0.3 is 9.95 Å². The van der Waals surface area contributed by atoms with Crippen LogP contribution in [-0.4, -0.2) is 16.1 Å². The molecule has 3 nitrogen and oxygen atoms in total. The average molecular weight is 235 g/mol. The number of aliphatic hydroxyl groups is 1. The van der Waals surface area contributed by atoms with Gasteiger partial charge in [0.25, 0.3) is 0 Å². The molecule has 4 atom stereocenters. The third-order valence-electron chi connectivity index (χ3n) is 3.78. The van der Waals surface area contributed by atoms with E-state index in [0.29, 0.717) is 35.4 Å².